The van der Waals surface area contributed by atoms with E-state index in [1.165, 1.54) is 11.9 Å². The van der Waals surface area contributed by atoms with Crippen molar-refractivity contribution in [1.82, 2.24) is 10.0 Å². The SMILES string of the molecule is C/C=C/SNC(/C=C/C)=NCCNC(=O)c1cccc(C)c1. The Labute approximate surface area is 136 Å². The highest BCUT2D eigenvalue weighted by Gasteiger charge is 2.03. The first-order valence-corrected chi connectivity index (χ1v) is 8.10. The number of aryl methyl sites for hydroxylation is 1. The van der Waals surface area contributed by atoms with Gasteiger partial charge in [-0.05, 0) is 56.3 Å². The van der Waals surface area contributed by atoms with Gasteiger partial charge in [-0.3, -0.25) is 9.79 Å². The van der Waals surface area contributed by atoms with Gasteiger partial charge in [0.1, 0.15) is 5.84 Å². The van der Waals surface area contributed by atoms with Gasteiger partial charge >= 0.3 is 0 Å². The van der Waals surface area contributed by atoms with E-state index in [4.69, 9.17) is 0 Å². The number of nitrogens with one attached hydrogen (secondary N) is 2. The molecule has 0 aliphatic heterocycles. The molecular weight excluding hydrogens is 294 g/mol. The largest absolute Gasteiger partial charge is 0.350 e. The summed E-state index contributed by atoms with van der Waals surface area (Å²) in [5.41, 5.74) is 1.76. The van der Waals surface area contributed by atoms with E-state index in [0.29, 0.717) is 18.7 Å². The predicted octanol–water partition coefficient (Wildman–Crippen LogP) is 3.47. The number of amides is 1. The molecule has 22 heavy (non-hydrogen) atoms. The second-order valence-corrected chi connectivity index (χ2v) is 5.29. The van der Waals surface area contributed by atoms with Gasteiger partial charge in [-0.1, -0.05) is 29.8 Å². The summed E-state index contributed by atoms with van der Waals surface area (Å²) < 4.78 is 3.13. The molecule has 4 nitrogen and oxygen atoms in total. The molecule has 0 unspecified atom stereocenters. The molecule has 0 aliphatic rings. The molecule has 0 radical (unpaired) electrons. The summed E-state index contributed by atoms with van der Waals surface area (Å²) in [7, 11) is 0. The van der Waals surface area contributed by atoms with E-state index in [9.17, 15) is 4.79 Å². The first kappa shape index (κ1) is 18.0. The normalized spacial score (nSPS) is 12.0. The van der Waals surface area contributed by atoms with Crippen molar-refractivity contribution in [3.63, 3.8) is 0 Å². The predicted molar refractivity (Wildman–Crippen MR) is 96.2 cm³/mol. The minimum absolute atomic E-state index is 0.0669. The van der Waals surface area contributed by atoms with Crippen molar-refractivity contribution < 1.29 is 4.79 Å². The Morgan fingerprint density at radius 2 is 2.14 bits per heavy atom. The van der Waals surface area contributed by atoms with Crippen LogP contribution in [0.2, 0.25) is 0 Å². The lowest BCUT2D eigenvalue weighted by molar-refractivity contribution is 0.0954. The summed E-state index contributed by atoms with van der Waals surface area (Å²) >= 11 is 1.46. The van der Waals surface area contributed by atoms with Crippen LogP contribution in [0.4, 0.5) is 0 Å². The molecule has 0 aromatic heterocycles. The van der Waals surface area contributed by atoms with Crippen LogP contribution in [0.3, 0.4) is 0 Å². The maximum atomic E-state index is 12.0. The molecule has 1 rings (SSSR count). The number of carbonyl (C=O) groups excluding carboxylic acids is 1. The second-order valence-electron chi connectivity index (χ2n) is 4.58. The van der Waals surface area contributed by atoms with Crippen molar-refractivity contribution in [2.24, 2.45) is 4.99 Å². The molecule has 0 saturated heterocycles. The van der Waals surface area contributed by atoms with Gasteiger partial charge in [-0.2, -0.15) is 0 Å². The highest BCUT2D eigenvalue weighted by Crippen LogP contribution is 2.03. The lowest BCUT2D eigenvalue weighted by atomic mass is 10.1. The quantitative estimate of drug-likeness (QED) is 0.350. The van der Waals surface area contributed by atoms with Gasteiger partial charge in [0.15, 0.2) is 0 Å². The molecule has 1 amide bonds. The molecule has 0 spiro atoms. The Morgan fingerprint density at radius 3 is 2.82 bits per heavy atom. The number of nitrogens with zero attached hydrogens (tertiary/aromatic N) is 1. The van der Waals surface area contributed by atoms with Gasteiger partial charge in [0, 0.05) is 12.1 Å². The summed E-state index contributed by atoms with van der Waals surface area (Å²) in [6.07, 6.45) is 5.78. The van der Waals surface area contributed by atoms with E-state index in [-0.39, 0.29) is 5.91 Å². The summed E-state index contributed by atoms with van der Waals surface area (Å²) in [5.74, 6) is 0.720. The third-order valence-corrected chi connectivity index (χ3v) is 3.39. The molecule has 2 N–H and O–H groups in total. The molecule has 0 saturated carbocycles. The Kier molecular flexibility index (Phi) is 8.76. The number of amidine groups is 1. The zero-order valence-corrected chi connectivity index (χ0v) is 14.1. The Hall–Kier alpha value is -2.01. The Morgan fingerprint density at radius 1 is 1.32 bits per heavy atom. The molecule has 5 heteroatoms. The summed E-state index contributed by atoms with van der Waals surface area (Å²) in [5, 5.41) is 4.82. The van der Waals surface area contributed by atoms with E-state index in [1.54, 1.807) is 0 Å². The van der Waals surface area contributed by atoms with Crippen molar-refractivity contribution >= 4 is 23.7 Å². The lowest BCUT2D eigenvalue weighted by Gasteiger charge is -2.06. The topological polar surface area (TPSA) is 53.5 Å². The first-order chi connectivity index (χ1) is 10.7. The van der Waals surface area contributed by atoms with Crippen LogP contribution >= 0.6 is 11.9 Å². The van der Waals surface area contributed by atoms with Crippen LogP contribution in [-0.4, -0.2) is 24.8 Å². The summed E-state index contributed by atoms with van der Waals surface area (Å²) in [6, 6.07) is 7.54. The van der Waals surface area contributed by atoms with Gasteiger partial charge in [-0.25, -0.2) is 0 Å². The maximum absolute atomic E-state index is 12.0. The lowest BCUT2D eigenvalue weighted by Crippen LogP contribution is -2.26. The second kappa shape index (κ2) is 10.7. The van der Waals surface area contributed by atoms with Crippen molar-refractivity contribution in [2.45, 2.75) is 20.8 Å². The fraction of sp³-hybridized carbons (Fsp3) is 0.294. The van der Waals surface area contributed by atoms with Crippen LogP contribution in [0.1, 0.15) is 29.8 Å². The van der Waals surface area contributed by atoms with Crippen molar-refractivity contribution in [3.05, 3.63) is 59.0 Å². The van der Waals surface area contributed by atoms with E-state index in [0.717, 1.165) is 11.4 Å². The third-order valence-electron chi connectivity index (χ3n) is 2.65. The number of rotatable bonds is 7. The maximum Gasteiger partial charge on any atom is 0.251 e. The average Bonchev–Trinajstić information content (AvgIpc) is 2.51. The number of carbonyl (C=O) groups is 1. The number of aliphatic imine (C=N–C) groups is 1. The molecule has 0 heterocycles. The van der Waals surface area contributed by atoms with Gasteiger partial charge in [0.2, 0.25) is 0 Å². The number of benzene rings is 1. The van der Waals surface area contributed by atoms with Crippen LogP contribution in [0.25, 0.3) is 0 Å². The molecule has 1 aromatic rings. The van der Waals surface area contributed by atoms with E-state index >= 15 is 0 Å². The number of hydrogen-bond donors (Lipinski definition) is 2. The minimum Gasteiger partial charge on any atom is -0.350 e. The van der Waals surface area contributed by atoms with Crippen molar-refractivity contribution in [2.75, 3.05) is 13.1 Å². The minimum atomic E-state index is -0.0669. The molecule has 118 valence electrons. The van der Waals surface area contributed by atoms with Crippen LogP contribution in [-0.2, 0) is 0 Å². The monoisotopic (exact) mass is 317 g/mol. The standard InChI is InChI=1S/C17H23N3OS/c1-4-7-16(20-22-12-5-2)18-10-11-19-17(21)15-9-6-8-14(3)13-15/h4-9,12-13H,10-11H2,1-3H3,(H,18,20)(H,19,21)/b7-4+,12-5+. The first-order valence-electron chi connectivity index (χ1n) is 7.22. The van der Waals surface area contributed by atoms with E-state index in [1.807, 2.05) is 68.7 Å². The zero-order chi connectivity index (χ0) is 16.2. The van der Waals surface area contributed by atoms with Crippen LogP contribution < -0.4 is 10.0 Å². The number of hydrogen-bond acceptors (Lipinski definition) is 3. The van der Waals surface area contributed by atoms with Crippen LogP contribution in [0, 0.1) is 6.92 Å². The molecule has 0 atom stereocenters. The fourth-order valence-corrected chi connectivity index (χ4v) is 2.13. The third kappa shape index (κ3) is 7.13. The Balaban J connectivity index is 2.44. The highest BCUT2D eigenvalue weighted by molar-refractivity contribution is 8.00. The Bertz CT molecular complexity index is 565. The molecule has 0 aliphatic carbocycles. The van der Waals surface area contributed by atoms with E-state index < -0.39 is 0 Å². The average molecular weight is 317 g/mol. The highest BCUT2D eigenvalue weighted by atomic mass is 32.2. The molecule has 0 fully saturated rings. The smallest absolute Gasteiger partial charge is 0.251 e. The van der Waals surface area contributed by atoms with Gasteiger partial charge < -0.3 is 10.0 Å². The van der Waals surface area contributed by atoms with Crippen molar-refractivity contribution in [3.8, 4) is 0 Å². The number of allylic oxidation sites excluding steroid dienone is 2. The molecule has 1 aromatic carbocycles. The van der Waals surface area contributed by atoms with Gasteiger partial charge in [0.25, 0.3) is 5.91 Å². The van der Waals surface area contributed by atoms with Gasteiger partial charge in [0.05, 0.1) is 6.54 Å². The molecular formula is C17H23N3OS. The van der Waals surface area contributed by atoms with Crippen molar-refractivity contribution in [1.29, 1.82) is 0 Å². The fourth-order valence-electron chi connectivity index (χ4n) is 1.67. The summed E-state index contributed by atoms with van der Waals surface area (Å²) in [6.45, 7) is 6.90. The van der Waals surface area contributed by atoms with Crippen LogP contribution in [0.5, 0.6) is 0 Å². The molecule has 0 bridgehead atoms. The summed E-state index contributed by atoms with van der Waals surface area (Å²) in [4.78, 5) is 16.4. The van der Waals surface area contributed by atoms with E-state index in [2.05, 4.69) is 15.0 Å². The zero-order valence-electron chi connectivity index (χ0n) is 13.3. The van der Waals surface area contributed by atoms with Gasteiger partial charge in [-0.15, -0.1) is 0 Å². The van der Waals surface area contributed by atoms with Crippen LogP contribution in [0.15, 0.2) is 52.9 Å².